The van der Waals surface area contributed by atoms with E-state index in [9.17, 15) is 14.9 Å². The van der Waals surface area contributed by atoms with Crippen molar-refractivity contribution in [2.45, 2.75) is 6.92 Å². The molecule has 136 valence electrons. The van der Waals surface area contributed by atoms with E-state index >= 15 is 0 Å². The van der Waals surface area contributed by atoms with Gasteiger partial charge in [-0.15, -0.1) is 0 Å². The zero-order chi connectivity index (χ0) is 19.1. The summed E-state index contributed by atoms with van der Waals surface area (Å²) in [5.41, 5.74) is 2.56. The predicted octanol–water partition coefficient (Wildman–Crippen LogP) is 3.53. The number of ether oxygens (including phenoxy) is 2. The number of nitrogens with zero attached hydrogens (tertiary/aromatic N) is 2. The average Bonchev–Trinajstić information content (AvgIpc) is 2.63. The molecule has 1 amide bonds. The number of para-hydroxylation sites is 1. The van der Waals surface area contributed by atoms with E-state index in [1.54, 1.807) is 18.2 Å². The van der Waals surface area contributed by atoms with Gasteiger partial charge in [0, 0.05) is 6.07 Å². The second-order valence-corrected chi connectivity index (χ2v) is 5.79. The summed E-state index contributed by atoms with van der Waals surface area (Å²) in [6.07, 6.45) is 1.40. The van der Waals surface area contributed by atoms with E-state index in [-0.39, 0.29) is 11.3 Å². The van der Waals surface area contributed by atoms with E-state index in [1.165, 1.54) is 31.5 Å². The highest BCUT2D eigenvalue weighted by atomic mass is 79.9. The van der Waals surface area contributed by atoms with Crippen LogP contribution in [0, 0.1) is 10.1 Å². The van der Waals surface area contributed by atoms with Crippen LogP contribution in [0.3, 0.4) is 0 Å². The summed E-state index contributed by atoms with van der Waals surface area (Å²) < 4.78 is 11.5. The summed E-state index contributed by atoms with van der Waals surface area (Å²) in [5, 5.41) is 14.8. The molecule has 2 rings (SSSR count). The molecule has 0 aliphatic rings. The van der Waals surface area contributed by atoms with E-state index in [0.29, 0.717) is 28.1 Å². The molecule has 1 N–H and O–H groups in total. The molecule has 0 spiro atoms. The van der Waals surface area contributed by atoms with Crippen LogP contribution in [0.4, 0.5) is 5.69 Å². The Morgan fingerprint density at radius 1 is 1.38 bits per heavy atom. The van der Waals surface area contributed by atoms with E-state index in [4.69, 9.17) is 9.47 Å². The molecule has 2 aromatic carbocycles. The second-order valence-electron chi connectivity index (χ2n) is 4.94. The second kappa shape index (κ2) is 8.95. The molecule has 0 saturated carbocycles. The summed E-state index contributed by atoms with van der Waals surface area (Å²) in [6.45, 7) is 2.34. The van der Waals surface area contributed by atoms with Gasteiger partial charge in [-0.1, -0.05) is 12.1 Å². The molecule has 0 aliphatic heterocycles. The molecule has 26 heavy (non-hydrogen) atoms. The number of halogens is 1. The maximum atomic E-state index is 12.1. The quantitative estimate of drug-likeness (QED) is 0.418. The topological polar surface area (TPSA) is 103 Å². The lowest BCUT2D eigenvalue weighted by molar-refractivity contribution is -0.385. The highest BCUT2D eigenvalue weighted by Crippen LogP contribution is 2.36. The molecule has 0 fully saturated rings. The van der Waals surface area contributed by atoms with E-state index in [0.717, 1.165) is 0 Å². The number of nitro groups is 1. The van der Waals surface area contributed by atoms with Crippen LogP contribution in [-0.4, -0.2) is 30.8 Å². The molecule has 0 atom stereocenters. The Bertz CT molecular complexity index is 854. The maximum Gasteiger partial charge on any atom is 0.282 e. The first kappa shape index (κ1) is 19.4. The first-order valence-electron chi connectivity index (χ1n) is 7.55. The molecule has 0 aliphatic carbocycles. The third kappa shape index (κ3) is 4.57. The minimum absolute atomic E-state index is 0.0693. The number of hydrazone groups is 1. The Kier molecular flexibility index (Phi) is 6.67. The van der Waals surface area contributed by atoms with Crippen molar-refractivity contribution in [3.8, 4) is 11.5 Å². The van der Waals surface area contributed by atoms with Crippen molar-refractivity contribution in [3.05, 3.63) is 62.1 Å². The van der Waals surface area contributed by atoms with Crippen LogP contribution in [0.5, 0.6) is 11.5 Å². The van der Waals surface area contributed by atoms with Gasteiger partial charge in [0.2, 0.25) is 0 Å². The fraction of sp³-hybridized carbons (Fsp3) is 0.176. The van der Waals surface area contributed by atoms with Crippen molar-refractivity contribution in [1.82, 2.24) is 5.43 Å². The van der Waals surface area contributed by atoms with Crippen LogP contribution in [0.15, 0.2) is 46.0 Å². The van der Waals surface area contributed by atoms with Gasteiger partial charge in [0.1, 0.15) is 5.56 Å². The Balaban J connectivity index is 2.17. The number of hydrogen-bond donors (Lipinski definition) is 1. The molecular weight excluding hydrogens is 406 g/mol. The largest absolute Gasteiger partial charge is 0.493 e. The van der Waals surface area contributed by atoms with Gasteiger partial charge in [-0.25, -0.2) is 5.43 Å². The van der Waals surface area contributed by atoms with Crippen LogP contribution in [-0.2, 0) is 0 Å². The first-order chi connectivity index (χ1) is 12.5. The average molecular weight is 422 g/mol. The molecule has 2 aromatic rings. The Morgan fingerprint density at radius 2 is 2.12 bits per heavy atom. The van der Waals surface area contributed by atoms with Crippen molar-refractivity contribution in [2.24, 2.45) is 5.10 Å². The SMILES string of the molecule is CCOc1c(Br)cc(/C=N\NC(=O)c2ccccc2[N+](=O)[O-])cc1OC. The minimum Gasteiger partial charge on any atom is -0.493 e. The number of carbonyl (C=O) groups excluding carboxylic acids is 1. The molecule has 9 heteroatoms. The maximum absolute atomic E-state index is 12.1. The third-order valence-electron chi connectivity index (χ3n) is 3.27. The van der Waals surface area contributed by atoms with Crippen LogP contribution in [0.25, 0.3) is 0 Å². The lowest BCUT2D eigenvalue weighted by Gasteiger charge is -2.11. The molecule has 0 saturated heterocycles. The van der Waals surface area contributed by atoms with E-state index in [1.807, 2.05) is 6.92 Å². The van der Waals surface area contributed by atoms with Gasteiger partial charge >= 0.3 is 0 Å². The Morgan fingerprint density at radius 3 is 2.77 bits per heavy atom. The van der Waals surface area contributed by atoms with E-state index < -0.39 is 10.8 Å². The summed E-state index contributed by atoms with van der Waals surface area (Å²) in [5.74, 6) is 0.398. The van der Waals surface area contributed by atoms with Gasteiger partial charge in [0.05, 0.1) is 29.3 Å². The zero-order valence-electron chi connectivity index (χ0n) is 14.1. The molecule has 0 radical (unpaired) electrons. The predicted molar refractivity (Wildman–Crippen MR) is 100 cm³/mol. The molecule has 0 heterocycles. The molecule has 8 nitrogen and oxygen atoms in total. The normalized spacial score (nSPS) is 10.6. The molecule has 0 aromatic heterocycles. The zero-order valence-corrected chi connectivity index (χ0v) is 15.6. The number of methoxy groups -OCH3 is 1. The molecular formula is C17H16BrN3O5. The Labute approximate surface area is 158 Å². The smallest absolute Gasteiger partial charge is 0.282 e. The summed E-state index contributed by atoms with van der Waals surface area (Å²) >= 11 is 3.39. The molecule has 0 bridgehead atoms. The van der Waals surface area contributed by atoms with Gasteiger partial charge in [-0.05, 0) is 46.6 Å². The number of nitrogens with one attached hydrogen (secondary N) is 1. The number of amides is 1. The van der Waals surface area contributed by atoms with Crippen LogP contribution in [0.2, 0.25) is 0 Å². The van der Waals surface area contributed by atoms with Crippen molar-refractivity contribution in [1.29, 1.82) is 0 Å². The van der Waals surface area contributed by atoms with Crippen molar-refractivity contribution < 1.29 is 19.2 Å². The molecule has 0 unspecified atom stereocenters. The van der Waals surface area contributed by atoms with Crippen LogP contribution >= 0.6 is 15.9 Å². The lowest BCUT2D eigenvalue weighted by atomic mass is 10.2. The van der Waals surface area contributed by atoms with Gasteiger partial charge in [-0.2, -0.15) is 5.10 Å². The fourth-order valence-corrected chi connectivity index (χ4v) is 2.72. The highest BCUT2D eigenvalue weighted by molar-refractivity contribution is 9.10. The van der Waals surface area contributed by atoms with Crippen LogP contribution < -0.4 is 14.9 Å². The van der Waals surface area contributed by atoms with Crippen molar-refractivity contribution in [3.63, 3.8) is 0 Å². The Hall–Kier alpha value is -2.94. The highest BCUT2D eigenvalue weighted by Gasteiger charge is 2.18. The minimum atomic E-state index is -0.675. The number of rotatable bonds is 7. The van der Waals surface area contributed by atoms with E-state index in [2.05, 4.69) is 26.5 Å². The summed E-state index contributed by atoms with van der Waals surface area (Å²) in [4.78, 5) is 22.5. The number of hydrogen-bond acceptors (Lipinski definition) is 6. The fourth-order valence-electron chi connectivity index (χ4n) is 2.15. The standard InChI is InChI=1S/C17H16BrN3O5/c1-3-26-16-13(18)8-11(9-15(16)25-2)10-19-20-17(22)12-6-4-5-7-14(12)21(23)24/h4-10H,3H2,1-2H3,(H,20,22)/b19-10-. The first-order valence-corrected chi connectivity index (χ1v) is 8.34. The number of benzene rings is 2. The monoisotopic (exact) mass is 421 g/mol. The summed E-state index contributed by atoms with van der Waals surface area (Å²) in [7, 11) is 1.52. The van der Waals surface area contributed by atoms with Crippen molar-refractivity contribution >= 4 is 33.7 Å². The van der Waals surface area contributed by atoms with Crippen LogP contribution in [0.1, 0.15) is 22.8 Å². The van der Waals surface area contributed by atoms with Crippen molar-refractivity contribution in [2.75, 3.05) is 13.7 Å². The lowest BCUT2D eigenvalue weighted by Crippen LogP contribution is -2.18. The third-order valence-corrected chi connectivity index (χ3v) is 3.85. The van der Waals surface area contributed by atoms with Gasteiger partial charge in [-0.3, -0.25) is 14.9 Å². The number of nitro benzene ring substituents is 1. The summed E-state index contributed by atoms with van der Waals surface area (Å²) in [6, 6.07) is 9.08. The number of carbonyl (C=O) groups is 1. The van der Waals surface area contributed by atoms with Gasteiger partial charge in [0.25, 0.3) is 11.6 Å². The van der Waals surface area contributed by atoms with Gasteiger partial charge in [0.15, 0.2) is 11.5 Å². The van der Waals surface area contributed by atoms with Gasteiger partial charge < -0.3 is 9.47 Å².